The van der Waals surface area contributed by atoms with E-state index in [0.717, 1.165) is 30.4 Å². The van der Waals surface area contributed by atoms with Gasteiger partial charge in [-0.2, -0.15) is 0 Å². The van der Waals surface area contributed by atoms with Crippen LogP contribution in [0.25, 0.3) is 0 Å². The average molecular weight is 250 g/mol. The third-order valence-corrected chi connectivity index (χ3v) is 5.88. The van der Waals surface area contributed by atoms with E-state index in [0.29, 0.717) is 12.3 Å². The summed E-state index contributed by atoms with van der Waals surface area (Å²) in [7, 11) is 0. The summed E-state index contributed by atoms with van der Waals surface area (Å²) >= 11 is 0. The molecule has 4 atom stereocenters. The van der Waals surface area contributed by atoms with Gasteiger partial charge in [0.2, 0.25) is 0 Å². The van der Waals surface area contributed by atoms with Crippen molar-refractivity contribution in [2.45, 2.75) is 64.6 Å². The summed E-state index contributed by atoms with van der Waals surface area (Å²) in [4.78, 5) is 11.7. The van der Waals surface area contributed by atoms with Gasteiger partial charge in [0.1, 0.15) is 6.10 Å². The fraction of sp³-hybridized carbons (Fsp3) is 0.800. The molecule has 1 heterocycles. The second kappa shape index (κ2) is 3.60. The highest BCUT2D eigenvalue weighted by molar-refractivity contribution is 5.91. The summed E-state index contributed by atoms with van der Waals surface area (Å²) in [5.74, 6) is 0.307. The predicted octanol–water partition coefficient (Wildman–Crippen LogP) is 2.58. The fourth-order valence-electron chi connectivity index (χ4n) is 4.21. The molecule has 1 N–H and O–H groups in total. The molecular weight excluding hydrogens is 228 g/mol. The Labute approximate surface area is 108 Å². The van der Waals surface area contributed by atoms with E-state index in [1.165, 1.54) is 6.42 Å². The van der Waals surface area contributed by atoms with Crippen LogP contribution < -0.4 is 0 Å². The predicted molar refractivity (Wildman–Crippen MR) is 67.9 cm³/mol. The Balaban J connectivity index is 2.03. The summed E-state index contributed by atoms with van der Waals surface area (Å²) in [5.41, 5.74) is 1.15. The monoisotopic (exact) mass is 250 g/mol. The number of rotatable bonds is 0. The summed E-state index contributed by atoms with van der Waals surface area (Å²) in [6, 6.07) is 0. The molecule has 3 aliphatic rings. The van der Waals surface area contributed by atoms with Crippen molar-refractivity contribution >= 4 is 5.97 Å². The summed E-state index contributed by atoms with van der Waals surface area (Å²) in [6.07, 6.45) is 4.32. The van der Waals surface area contributed by atoms with E-state index in [1.807, 2.05) is 6.92 Å². The maximum Gasteiger partial charge on any atom is 0.334 e. The van der Waals surface area contributed by atoms with Crippen LogP contribution in [0.15, 0.2) is 11.1 Å². The molecule has 0 spiro atoms. The lowest BCUT2D eigenvalue weighted by molar-refractivity contribution is -0.172. The average Bonchev–Trinajstić information content (AvgIpc) is 2.55. The molecule has 0 aromatic rings. The van der Waals surface area contributed by atoms with Gasteiger partial charge in [-0.25, -0.2) is 4.79 Å². The Morgan fingerprint density at radius 2 is 2.17 bits per heavy atom. The number of carbonyl (C=O) groups is 1. The summed E-state index contributed by atoms with van der Waals surface area (Å²) in [5, 5.41) is 11.0. The Morgan fingerprint density at radius 3 is 2.89 bits per heavy atom. The second-order valence-electron chi connectivity index (χ2n) is 6.67. The zero-order chi connectivity index (χ0) is 13.1. The standard InChI is InChI=1S/C15H22O3/c1-9-5-4-6-15(17)8-12-11(7-14(9,15)3)10(2)13(16)18-12/h9,12,17H,4-8H2,1-3H3/t9-,12+,14+,15+/m0/s1. The molecule has 0 amide bonds. The van der Waals surface area contributed by atoms with Crippen LogP contribution in [0, 0.1) is 11.3 Å². The Bertz CT molecular complexity index is 439. The Kier molecular flexibility index (Phi) is 2.44. The van der Waals surface area contributed by atoms with E-state index in [9.17, 15) is 9.90 Å². The molecule has 100 valence electrons. The lowest BCUT2D eigenvalue weighted by Crippen LogP contribution is -2.57. The van der Waals surface area contributed by atoms with Gasteiger partial charge < -0.3 is 9.84 Å². The van der Waals surface area contributed by atoms with Gasteiger partial charge in [-0.1, -0.05) is 20.3 Å². The molecule has 0 bridgehead atoms. The first-order valence-corrected chi connectivity index (χ1v) is 7.00. The molecule has 0 radical (unpaired) electrons. The van der Waals surface area contributed by atoms with E-state index in [-0.39, 0.29) is 17.5 Å². The number of aliphatic hydroxyl groups is 1. The van der Waals surface area contributed by atoms with Crippen LogP contribution in [-0.4, -0.2) is 22.8 Å². The molecule has 0 unspecified atom stereocenters. The maximum absolute atomic E-state index is 11.7. The molecule has 1 aliphatic heterocycles. The van der Waals surface area contributed by atoms with Crippen LogP contribution in [0.1, 0.15) is 52.9 Å². The summed E-state index contributed by atoms with van der Waals surface area (Å²) < 4.78 is 5.40. The zero-order valence-corrected chi connectivity index (χ0v) is 11.5. The minimum atomic E-state index is -0.663. The van der Waals surface area contributed by atoms with Gasteiger partial charge in [0.05, 0.1) is 5.60 Å². The largest absolute Gasteiger partial charge is 0.454 e. The fourth-order valence-corrected chi connectivity index (χ4v) is 4.21. The van der Waals surface area contributed by atoms with Gasteiger partial charge in [-0.05, 0) is 37.7 Å². The first-order valence-electron chi connectivity index (χ1n) is 7.00. The number of carbonyl (C=O) groups excluding carboxylic acids is 1. The molecule has 18 heavy (non-hydrogen) atoms. The van der Waals surface area contributed by atoms with Gasteiger partial charge >= 0.3 is 5.97 Å². The lowest BCUT2D eigenvalue weighted by atomic mass is 9.52. The van der Waals surface area contributed by atoms with E-state index < -0.39 is 5.60 Å². The van der Waals surface area contributed by atoms with Crippen LogP contribution in [-0.2, 0) is 9.53 Å². The Morgan fingerprint density at radius 1 is 1.44 bits per heavy atom. The van der Waals surface area contributed by atoms with Crippen LogP contribution in [0.4, 0.5) is 0 Å². The highest BCUT2D eigenvalue weighted by atomic mass is 16.5. The van der Waals surface area contributed by atoms with E-state index >= 15 is 0 Å². The zero-order valence-electron chi connectivity index (χ0n) is 11.5. The molecule has 2 aliphatic carbocycles. The summed E-state index contributed by atoms with van der Waals surface area (Å²) in [6.45, 7) is 6.28. The maximum atomic E-state index is 11.7. The molecule has 3 nitrogen and oxygen atoms in total. The van der Waals surface area contributed by atoms with Crippen molar-refractivity contribution in [3.63, 3.8) is 0 Å². The van der Waals surface area contributed by atoms with Crippen molar-refractivity contribution in [2.75, 3.05) is 0 Å². The van der Waals surface area contributed by atoms with Crippen LogP contribution in [0.3, 0.4) is 0 Å². The van der Waals surface area contributed by atoms with Crippen LogP contribution >= 0.6 is 0 Å². The third-order valence-electron chi connectivity index (χ3n) is 5.88. The topological polar surface area (TPSA) is 46.5 Å². The van der Waals surface area contributed by atoms with Gasteiger partial charge in [0.25, 0.3) is 0 Å². The van der Waals surface area contributed by atoms with Gasteiger partial charge in [0, 0.05) is 17.4 Å². The number of esters is 1. The van der Waals surface area contributed by atoms with Crippen molar-refractivity contribution in [1.82, 2.24) is 0 Å². The number of hydrogen-bond donors (Lipinski definition) is 1. The van der Waals surface area contributed by atoms with Gasteiger partial charge in [-0.15, -0.1) is 0 Å². The van der Waals surface area contributed by atoms with E-state index in [2.05, 4.69) is 13.8 Å². The first kappa shape index (κ1) is 12.2. The van der Waals surface area contributed by atoms with Crippen molar-refractivity contribution in [2.24, 2.45) is 11.3 Å². The number of ether oxygens (including phenoxy) is 1. The van der Waals surface area contributed by atoms with E-state index in [4.69, 9.17) is 4.74 Å². The molecule has 3 rings (SSSR count). The first-order chi connectivity index (χ1) is 8.37. The minimum absolute atomic E-state index is 0.105. The molecule has 0 aromatic carbocycles. The highest BCUT2D eigenvalue weighted by Gasteiger charge is 2.58. The SMILES string of the molecule is CC1=C2C[C@]3(C)[C@@H](C)CCC[C@@]3(O)C[C@H]2OC1=O. The molecule has 0 aromatic heterocycles. The van der Waals surface area contributed by atoms with Crippen molar-refractivity contribution in [1.29, 1.82) is 0 Å². The van der Waals surface area contributed by atoms with Gasteiger partial charge in [0.15, 0.2) is 0 Å². The Hall–Kier alpha value is -0.830. The second-order valence-corrected chi connectivity index (χ2v) is 6.67. The van der Waals surface area contributed by atoms with Gasteiger partial charge in [-0.3, -0.25) is 0 Å². The minimum Gasteiger partial charge on any atom is -0.454 e. The van der Waals surface area contributed by atoms with E-state index in [1.54, 1.807) is 0 Å². The van der Waals surface area contributed by atoms with Crippen molar-refractivity contribution in [3.05, 3.63) is 11.1 Å². The lowest BCUT2D eigenvalue weighted by Gasteiger charge is -2.56. The molecule has 2 fully saturated rings. The quantitative estimate of drug-likeness (QED) is 0.672. The van der Waals surface area contributed by atoms with Crippen LogP contribution in [0.5, 0.6) is 0 Å². The molecule has 2 saturated carbocycles. The van der Waals surface area contributed by atoms with Crippen molar-refractivity contribution < 1.29 is 14.6 Å². The molecule has 3 heteroatoms. The molecule has 0 saturated heterocycles. The third kappa shape index (κ3) is 1.37. The normalized spacial score (nSPS) is 47.7. The van der Waals surface area contributed by atoms with Crippen LogP contribution in [0.2, 0.25) is 0 Å². The molecular formula is C15H22O3. The number of hydrogen-bond acceptors (Lipinski definition) is 3. The van der Waals surface area contributed by atoms with Crippen molar-refractivity contribution in [3.8, 4) is 0 Å². The number of fused-ring (bicyclic) bond motifs is 2. The highest BCUT2D eigenvalue weighted by Crippen LogP contribution is 2.58. The smallest absolute Gasteiger partial charge is 0.334 e.